The number of ether oxygens (including phenoxy) is 1. The number of nitrogens with zero attached hydrogens (tertiary/aromatic N) is 2. The fourth-order valence-corrected chi connectivity index (χ4v) is 5.52. The Bertz CT molecular complexity index is 918. The highest BCUT2D eigenvalue weighted by Crippen LogP contribution is 2.34. The largest absolute Gasteiger partial charge is 0.378 e. The van der Waals surface area contributed by atoms with Crippen LogP contribution in [0.25, 0.3) is 0 Å². The highest BCUT2D eigenvalue weighted by molar-refractivity contribution is 7.89. The van der Waals surface area contributed by atoms with Gasteiger partial charge in [0, 0.05) is 36.7 Å². The molecule has 8 nitrogen and oxygen atoms in total. The molecule has 2 amide bonds. The first kappa shape index (κ1) is 18.9. The number of nitrogens with one attached hydrogen (secondary N) is 2. The summed E-state index contributed by atoms with van der Waals surface area (Å²) in [6.45, 7) is 1.25. The number of hydrogen-bond acceptors (Lipinski definition) is 5. The van der Waals surface area contributed by atoms with E-state index in [4.69, 9.17) is 4.74 Å². The number of aromatic nitrogens is 1. The van der Waals surface area contributed by atoms with Crippen molar-refractivity contribution in [3.63, 3.8) is 0 Å². The van der Waals surface area contributed by atoms with Gasteiger partial charge in [-0.3, -0.25) is 4.98 Å². The summed E-state index contributed by atoms with van der Waals surface area (Å²) in [7, 11) is -3.57. The van der Waals surface area contributed by atoms with Crippen LogP contribution in [-0.2, 0) is 21.3 Å². The number of benzene rings is 1. The number of anilines is 1. The van der Waals surface area contributed by atoms with Crippen LogP contribution in [0.2, 0.25) is 0 Å². The Hall–Kier alpha value is -2.49. The van der Waals surface area contributed by atoms with Crippen molar-refractivity contribution in [2.75, 3.05) is 18.5 Å². The molecule has 0 saturated carbocycles. The van der Waals surface area contributed by atoms with Gasteiger partial charge in [0.1, 0.15) is 0 Å². The summed E-state index contributed by atoms with van der Waals surface area (Å²) in [4.78, 5) is 16.2. The number of carbonyl (C=O) groups is 1. The summed E-state index contributed by atoms with van der Waals surface area (Å²) in [6, 6.07) is 9.38. The van der Waals surface area contributed by atoms with Crippen LogP contribution in [0.5, 0.6) is 0 Å². The molecule has 2 saturated heterocycles. The van der Waals surface area contributed by atoms with Crippen molar-refractivity contribution in [1.82, 2.24) is 14.6 Å². The molecule has 0 radical (unpaired) electrons. The van der Waals surface area contributed by atoms with E-state index < -0.39 is 10.0 Å². The van der Waals surface area contributed by atoms with Crippen LogP contribution in [0, 0.1) is 0 Å². The van der Waals surface area contributed by atoms with Crippen LogP contribution >= 0.6 is 0 Å². The molecule has 9 heteroatoms. The van der Waals surface area contributed by atoms with E-state index in [0.29, 0.717) is 25.4 Å². The lowest BCUT2D eigenvalue weighted by molar-refractivity contribution is 0.0269. The number of pyridine rings is 1. The lowest BCUT2D eigenvalue weighted by Gasteiger charge is -2.33. The molecule has 0 aliphatic carbocycles. The van der Waals surface area contributed by atoms with Gasteiger partial charge in [-0.2, -0.15) is 4.31 Å². The molecule has 2 aromatic rings. The van der Waals surface area contributed by atoms with Crippen LogP contribution in [-0.4, -0.2) is 49.0 Å². The van der Waals surface area contributed by atoms with Gasteiger partial charge in [0.25, 0.3) is 0 Å². The molecule has 2 atom stereocenters. The molecule has 2 aliphatic heterocycles. The number of fused-ring (bicyclic) bond motifs is 2. The smallest absolute Gasteiger partial charge is 0.319 e. The number of sulfonamides is 1. The van der Waals surface area contributed by atoms with Crippen LogP contribution < -0.4 is 10.6 Å². The molecule has 28 heavy (non-hydrogen) atoms. The molecule has 0 spiro atoms. The monoisotopic (exact) mass is 402 g/mol. The Morgan fingerprint density at radius 1 is 1.14 bits per heavy atom. The van der Waals surface area contributed by atoms with Crippen molar-refractivity contribution in [3.8, 4) is 0 Å². The molecular formula is C19H22N4O4S. The fraction of sp³-hybridized carbons (Fsp3) is 0.368. The fourth-order valence-electron chi connectivity index (χ4n) is 3.68. The average Bonchev–Trinajstić information content (AvgIpc) is 2.98. The van der Waals surface area contributed by atoms with Gasteiger partial charge < -0.3 is 15.4 Å². The Labute approximate surface area is 164 Å². The number of morpholine rings is 1. The number of hydrogen-bond donors (Lipinski definition) is 2. The van der Waals surface area contributed by atoms with Crippen molar-refractivity contribution in [1.29, 1.82) is 0 Å². The van der Waals surface area contributed by atoms with Crippen LogP contribution in [0.3, 0.4) is 0 Å². The normalized spacial score (nSPS) is 22.0. The third-order valence-electron chi connectivity index (χ3n) is 5.04. The van der Waals surface area contributed by atoms with Crippen LogP contribution in [0.1, 0.15) is 18.4 Å². The standard InChI is InChI=1S/C19H22N4O4S/c24-19(21-11-14-2-1-9-20-10-14)22-15-3-7-18(8-4-15)28(25,26)23-16-5-6-17(23)13-27-12-16/h1-4,7-10,16-17H,5-6,11-13H2,(H2,21,22,24)/t16-,17+. The summed E-state index contributed by atoms with van der Waals surface area (Å²) in [6.07, 6.45) is 5.02. The number of urea groups is 1. The maximum Gasteiger partial charge on any atom is 0.319 e. The molecule has 1 aromatic heterocycles. The first-order valence-electron chi connectivity index (χ1n) is 9.19. The topological polar surface area (TPSA) is 101 Å². The van der Waals surface area contributed by atoms with E-state index >= 15 is 0 Å². The second-order valence-electron chi connectivity index (χ2n) is 6.95. The molecule has 2 N–H and O–H groups in total. The van der Waals surface area contributed by atoms with Crippen molar-refractivity contribution in [2.24, 2.45) is 0 Å². The number of amides is 2. The lowest BCUT2D eigenvalue weighted by atomic mass is 10.2. The van der Waals surface area contributed by atoms with Gasteiger partial charge in [-0.05, 0) is 48.7 Å². The Balaban J connectivity index is 1.39. The Kier molecular flexibility index (Phi) is 5.29. The third-order valence-corrected chi connectivity index (χ3v) is 7.06. The van der Waals surface area contributed by atoms with Gasteiger partial charge >= 0.3 is 6.03 Å². The van der Waals surface area contributed by atoms with Crippen molar-refractivity contribution in [3.05, 3.63) is 54.4 Å². The summed E-state index contributed by atoms with van der Waals surface area (Å²) < 4.78 is 33.1. The van der Waals surface area contributed by atoms with Gasteiger partial charge in [0.05, 0.1) is 18.1 Å². The molecule has 2 fully saturated rings. The summed E-state index contributed by atoms with van der Waals surface area (Å²) >= 11 is 0. The van der Waals surface area contributed by atoms with E-state index in [2.05, 4.69) is 15.6 Å². The van der Waals surface area contributed by atoms with Crippen LogP contribution in [0.15, 0.2) is 53.7 Å². The highest BCUT2D eigenvalue weighted by Gasteiger charge is 2.44. The predicted octanol–water partition coefficient (Wildman–Crippen LogP) is 1.96. The minimum Gasteiger partial charge on any atom is -0.378 e. The minimum absolute atomic E-state index is 0.0835. The molecule has 2 aliphatic rings. The van der Waals surface area contributed by atoms with E-state index in [9.17, 15) is 13.2 Å². The first-order chi connectivity index (χ1) is 13.5. The lowest BCUT2D eigenvalue weighted by Crippen LogP contribution is -2.48. The van der Waals surface area contributed by atoms with E-state index in [1.54, 1.807) is 34.9 Å². The van der Waals surface area contributed by atoms with Gasteiger partial charge in [-0.25, -0.2) is 13.2 Å². The summed E-state index contributed by atoms with van der Waals surface area (Å²) in [5.41, 5.74) is 1.41. The molecule has 0 unspecified atom stereocenters. The van der Waals surface area contributed by atoms with Crippen molar-refractivity contribution in [2.45, 2.75) is 36.4 Å². The van der Waals surface area contributed by atoms with E-state index in [0.717, 1.165) is 18.4 Å². The maximum atomic E-state index is 13.0. The van der Waals surface area contributed by atoms with Crippen molar-refractivity contribution >= 4 is 21.7 Å². The van der Waals surface area contributed by atoms with Gasteiger partial charge in [-0.1, -0.05) is 6.07 Å². The summed E-state index contributed by atoms with van der Waals surface area (Å²) in [5, 5.41) is 5.43. The van der Waals surface area contributed by atoms with Gasteiger partial charge in [0.15, 0.2) is 0 Å². The first-order valence-corrected chi connectivity index (χ1v) is 10.6. The van der Waals surface area contributed by atoms with E-state index in [-0.39, 0.29) is 23.0 Å². The maximum absolute atomic E-state index is 13.0. The van der Waals surface area contributed by atoms with E-state index in [1.165, 1.54) is 12.1 Å². The molecule has 3 heterocycles. The Morgan fingerprint density at radius 2 is 1.86 bits per heavy atom. The van der Waals surface area contributed by atoms with Crippen molar-refractivity contribution < 1.29 is 17.9 Å². The predicted molar refractivity (Wildman–Crippen MR) is 103 cm³/mol. The average molecular weight is 402 g/mol. The second kappa shape index (κ2) is 7.86. The molecule has 1 aromatic carbocycles. The van der Waals surface area contributed by atoms with Gasteiger partial charge in [-0.15, -0.1) is 0 Å². The Morgan fingerprint density at radius 3 is 2.50 bits per heavy atom. The highest BCUT2D eigenvalue weighted by atomic mass is 32.2. The molecular weight excluding hydrogens is 380 g/mol. The third kappa shape index (κ3) is 3.87. The minimum atomic E-state index is -3.57. The zero-order valence-corrected chi connectivity index (χ0v) is 16.1. The zero-order chi connectivity index (χ0) is 19.6. The molecule has 4 rings (SSSR count). The second-order valence-corrected chi connectivity index (χ2v) is 8.79. The van der Waals surface area contributed by atoms with Crippen LogP contribution in [0.4, 0.5) is 10.5 Å². The summed E-state index contributed by atoms with van der Waals surface area (Å²) in [5.74, 6) is 0. The molecule has 2 bridgehead atoms. The van der Waals surface area contributed by atoms with E-state index in [1.807, 2.05) is 6.07 Å². The SMILES string of the molecule is O=C(NCc1cccnc1)Nc1ccc(S(=O)(=O)N2[C@@H]3CC[C@H]2COC3)cc1. The molecule has 148 valence electrons. The van der Waals surface area contributed by atoms with Gasteiger partial charge in [0.2, 0.25) is 10.0 Å². The quantitative estimate of drug-likeness (QED) is 0.796. The number of rotatable bonds is 5. The zero-order valence-electron chi connectivity index (χ0n) is 15.2. The number of carbonyl (C=O) groups excluding carboxylic acids is 1.